The zero-order chi connectivity index (χ0) is 9.84. The number of carbonyl (C=O) groups is 2. The first-order valence-electron chi connectivity index (χ1n) is 4.30. The lowest BCUT2D eigenvalue weighted by molar-refractivity contribution is -0.139. The molecule has 0 bridgehead atoms. The van der Waals surface area contributed by atoms with Crippen LogP contribution < -0.4 is 0 Å². The molecule has 0 spiro atoms. The van der Waals surface area contributed by atoms with Crippen molar-refractivity contribution in [3.05, 3.63) is 12.7 Å². The quantitative estimate of drug-likeness (QED) is 0.653. The molecule has 1 aliphatic heterocycles. The van der Waals surface area contributed by atoms with Crippen LogP contribution in [0, 0.1) is 0 Å². The number of likely N-dealkylation sites (tertiary alicyclic amines) is 1. The molecule has 1 saturated heterocycles. The molecule has 72 valence electrons. The number of rotatable bonds is 3. The van der Waals surface area contributed by atoms with Crippen LogP contribution in [0.25, 0.3) is 0 Å². The number of nitrogens with zero attached hydrogens (tertiary/aromatic N) is 1. The molecular formula is C9H13NO3. The van der Waals surface area contributed by atoms with Crippen molar-refractivity contribution in [1.82, 2.24) is 4.90 Å². The molecule has 1 heterocycles. The third-order valence-corrected chi connectivity index (χ3v) is 2.25. The van der Waals surface area contributed by atoms with Gasteiger partial charge >= 0.3 is 5.97 Å². The fourth-order valence-corrected chi connectivity index (χ4v) is 1.66. The monoisotopic (exact) mass is 183 g/mol. The Kier molecular flexibility index (Phi) is 3.06. The molecule has 1 aliphatic rings. The summed E-state index contributed by atoms with van der Waals surface area (Å²) in [7, 11) is 0. The number of carbonyl (C=O) groups excluding carboxylic acids is 1. The first-order valence-corrected chi connectivity index (χ1v) is 4.30. The van der Waals surface area contributed by atoms with E-state index >= 15 is 0 Å². The number of aliphatic carboxylic acids is 1. The fraction of sp³-hybridized carbons (Fsp3) is 0.556. The minimum Gasteiger partial charge on any atom is -0.481 e. The number of hydrogen-bond donors (Lipinski definition) is 1. The Hall–Kier alpha value is -1.32. The fourth-order valence-electron chi connectivity index (χ4n) is 1.66. The highest BCUT2D eigenvalue weighted by Gasteiger charge is 2.28. The lowest BCUT2D eigenvalue weighted by atomic mass is 10.1. The molecule has 0 saturated carbocycles. The van der Waals surface area contributed by atoms with Crippen molar-refractivity contribution in [3.8, 4) is 0 Å². The Balaban J connectivity index is 2.58. The average Bonchev–Trinajstić information content (AvgIpc) is 2.50. The van der Waals surface area contributed by atoms with Crippen molar-refractivity contribution in [2.75, 3.05) is 6.54 Å². The zero-order valence-corrected chi connectivity index (χ0v) is 7.40. The summed E-state index contributed by atoms with van der Waals surface area (Å²) >= 11 is 0. The first-order chi connectivity index (χ1) is 6.15. The highest BCUT2D eigenvalue weighted by molar-refractivity contribution is 5.87. The number of hydrogen-bond acceptors (Lipinski definition) is 2. The predicted octanol–water partition coefficient (Wildman–Crippen LogP) is 0.638. The van der Waals surface area contributed by atoms with E-state index in [0.29, 0.717) is 6.54 Å². The van der Waals surface area contributed by atoms with Gasteiger partial charge in [-0.05, 0) is 18.9 Å². The maximum absolute atomic E-state index is 11.2. The molecule has 0 aromatic carbocycles. The van der Waals surface area contributed by atoms with E-state index in [0.717, 1.165) is 12.8 Å². The Labute approximate surface area is 76.8 Å². The average molecular weight is 183 g/mol. The molecule has 4 heteroatoms. The molecule has 1 fully saturated rings. The smallest absolute Gasteiger partial charge is 0.305 e. The summed E-state index contributed by atoms with van der Waals surface area (Å²) in [6.45, 7) is 4.04. The van der Waals surface area contributed by atoms with E-state index in [2.05, 4.69) is 6.58 Å². The van der Waals surface area contributed by atoms with Crippen LogP contribution in [-0.4, -0.2) is 34.5 Å². The molecular weight excluding hydrogens is 170 g/mol. The summed E-state index contributed by atoms with van der Waals surface area (Å²) in [5.41, 5.74) is 0. The maximum atomic E-state index is 11.2. The number of carboxylic acids is 1. The van der Waals surface area contributed by atoms with E-state index in [1.54, 1.807) is 4.90 Å². The summed E-state index contributed by atoms with van der Waals surface area (Å²) in [6, 6.07) is -0.136. The minimum atomic E-state index is -0.853. The molecule has 0 radical (unpaired) electrons. The minimum absolute atomic E-state index is 0.0412. The third-order valence-electron chi connectivity index (χ3n) is 2.25. The lowest BCUT2D eigenvalue weighted by Gasteiger charge is -2.21. The van der Waals surface area contributed by atoms with Gasteiger partial charge in [0.2, 0.25) is 5.91 Å². The van der Waals surface area contributed by atoms with Gasteiger partial charge in [-0.1, -0.05) is 6.58 Å². The van der Waals surface area contributed by atoms with Crippen LogP contribution in [-0.2, 0) is 9.59 Å². The molecule has 1 N–H and O–H groups in total. The summed E-state index contributed by atoms with van der Waals surface area (Å²) in [5.74, 6) is -1.02. The van der Waals surface area contributed by atoms with Gasteiger partial charge in [-0.25, -0.2) is 0 Å². The van der Waals surface area contributed by atoms with Crippen LogP contribution in [0.1, 0.15) is 19.3 Å². The Morgan fingerprint density at radius 2 is 2.31 bits per heavy atom. The van der Waals surface area contributed by atoms with Crippen molar-refractivity contribution in [2.24, 2.45) is 0 Å². The van der Waals surface area contributed by atoms with Gasteiger partial charge in [0.15, 0.2) is 0 Å². The van der Waals surface area contributed by atoms with Crippen molar-refractivity contribution in [3.63, 3.8) is 0 Å². The first kappa shape index (κ1) is 9.77. The van der Waals surface area contributed by atoms with Gasteiger partial charge in [0.25, 0.3) is 0 Å². The van der Waals surface area contributed by atoms with Crippen molar-refractivity contribution < 1.29 is 14.7 Å². The summed E-state index contributed by atoms with van der Waals surface area (Å²) < 4.78 is 0. The highest BCUT2D eigenvalue weighted by Crippen LogP contribution is 2.20. The standard InChI is InChI=1S/C9H13NO3/c1-2-8(11)10-5-3-4-7(10)6-9(12)13/h2,7H,1,3-6H2,(H,12,13)/t7-/m0/s1. The zero-order valence-electron chi connectivity index (χ0n) is 7.40. The van der Waals surface area contributed by atoms with Gasteiger partial charge in [-0.2, -0.15) is 0 Å². The normalized spacial score (nSPS) is 21.5. The van der Waals surface area contributed by atoms with Crippen LogP contribution in [0.3, 0.4) is 0 Å². The molecule has 1 rings (SSSR count). The van der Waals surface area contributed by atoms with Gasteiger partial charge in [-0.15, -0.1) is 0 Å². The molecule has 1 amide bonds. The van der Waals surface area contributed by atoms with Gasteiger partial charge in [0.05, 0.1) is 6.42 Å². The predicted molar refractivity (Wildman–Crippen MR) is 47.2 cm³/mol. The van der Waals surface area contributed by atoms with Crippen molar-refractivity contribution in [2.45, 2.75) is 25.3 Å². The van der Waals surface area contributed by atoms with E-state index in [4.69, 9.17) is 5.11 Å². The maximum Gasteiger partial charge on any atom is 0.305 e. The van der Waals surface area contributed by atoms with Gasteiger partial charge in [0, 0.05) is 12.6 Å². The van der Waals surface area contributed by atoms with Crippen LogP contribution in [0.2, 0.25) is 0 Å². The van der Waals surface area contributed by atoms with E-state index in [9.17, 15) is 9.59 Å². The molecule has 0 aromatic rings. The second-order valence-electron chi connectivity index (χ2n) is 3.13. The van der Waals surface area contributed by atoms with Gasteiger partial charge in [-0.3, -0.25) is 9.59 Å². The van der Waals surface area contributed by atoms with E-state index in [1.807, 2.05) is 0 Å². The third kappa shape index (κ3) is 2.31. The molecule has 1 atom stereocenters. The highest BCUT2D eigenvalue weighted by atomic mass is 16.4. The van der Waals surface area contributed by atoms with E-state index < -0.39 is 5.97 Å². The molecule has 0 aliphatic carbocycles. The lowest BCUT2D eigenvalue weighted by Crippen LogP contribution is -2.35. The van der Waals surface area contributed by atoms with Crippen LogP contribution in [0.15, 0.2) is 12.7 Å². The van der Waals surface area contributed by atoms with E-state index in [1.165, 1.54) is 6.08 Å². The molecule has 0 unspecified atom stereocenters. The van der Waals surface area contributed by atoms with Crippen molar-refractivity contribution in [1.29, 1.82) is 0 Å². The van der Waals surface area contributed by atoms with Gasteiger partial charge < -0.3 is 10.0 Å². The van der Waals surface area contributed by atoms with Crippen LogP contribution >= 0.6 is 0 Å². The van der Waals surface area contributed by atoms with Gasteiger partial charge in [0.1, 0.15) is 0 Å². The largest absolute Gasteiger partial charge is 0.481 e. The SMILES string of the molecule is C=CC(=O)N1CCC[C@H]1CC(=O)O. The van der Waals surface area contributed by atoms with Crippen LogP contribution in [0.5, 0.6) is 0 Å². The summed E-state index contributed by atoms with van der Waals surface area (Å²) in [6.07, 6.45) is 2.95. The second kappa shape index (κ2) is 4.07. The van der Waals surface area contributed by atoms with E-state index in [-0.39, 0.29) is 18.4 Å². The topological polar surface area (TPSA) is 57.6 Å². The Morgan fingerprint density at radius 3 is 2.85 bits per heavy atom. The Bertz CT molecular complexity index is 237. The number of carboxylic acid groups (broad SMARTS) is 1. The van der Waals surface area contributed by atoms with Crippen LogP contribution in [0.4, 0.5) is 0 Å². The molecule has 13 heavy (non-hydrogen) atoms. The number of amides is 1. The second-order valence-corrected chi connectivity index (χ2v) is 3.13. The van der Waals surface area contributed by atoms with Crippen molar-refractivity contribution >= 4 is 11.9 Å². The summed E-state index contributed by atoms with van der Waals surface area (Å²) in [4.78, 5) is 23.3. The summed E-state index contributed by atoms with van der Waals surface area (Å²) in [5, 5.41) is 8.58. The molecule has 0 aromatic heterocycles. The molecule has 4 nitrogen and oxygen atoms in total. The Morgan fingerprint density at radius 1 is 1.62 bits per heavy atom.